The van der Waals surface area contributed by atoms with Crippen molar-refractivity contribution < 1.29 is 9.59 Å². The Kier molecular flexibility index (Phi) is 2.47. The van der Waals surface area contributed by atoms with Crippen molar-refractivity contribution in [1.82, 2.24) is 10.6 Å². The summed E-state index contributed by atoms with van der Waals surface area (Å²) < 4.78 is 0. The molecular weight excluding hydrogens is 156 g/mol. The molecule has 1 fully saturated rings. The molecule has 1 aliphatic heterocycles. The molecule has 1 aliphatic rings. The van der Waals surface area contributed by atoms with Gasteiger partial charge >= 0.3 is 0 Å². The molecule has 0 bridgehead atoms. The van der Waals surface area contributed by atoms with Crippen LogP contribution in [0.4, 0.5) is 0 Å². The van der Waals surface area contributed by atoms with E-state index in [4.69, 9.17) is 0 Å². The summed E-state index contributed by atoms with van der Waals surface area (Å²) in [7, 11) is 0. The number of hydrogen-bond donors (Lipinski definition) is 2. The van der Waals surface area contributed by atoms with E-state index in [2.05, 4.69) is 10.6 Å². The summed E-state index contributed by atoms with van der Waals surface area (Å²) in [4.78, 5) is 22.0. The SMILES string of the molecule is CC(=O)NC(=O)[C@]1(C)CCCN1. The lowest BCUT2D eigenvalue weighted by Gasteiger charge is -2.21. The molecule has 1 atom stereocenters. The maximum absolute atomic E-state index is 11.4. The highest BCUT2D eigenvalue weighted by atomic mass is 16.2. The van der Waals surface area contributed by atoms with Gasteiger partial charge in [-0.3, -0.25) is 14.9 Å². The third kappa shape index (κ3) is 1.82. The van der Waals surface area contributed by atoms with Crippen LogP contribution in [-0.2, 0) is 9.59 Å². The van der Waals surface area contributed by atoms with Gasteiger partial charge in [-0.25, -0.2) is 0 Å². The van der Waals surface area contributed by atoms with E-state index in [1.165, 1.54) is 6.92 Å². The molecule has 0 radical (unpaired) electrons. The van der Waals surface area contributed by atoms with Crippen molar-refractivity contribution in [3.63, 3.8) is 0 Å². The summed E-state index contributed by atoms with van der Waals surface area (Å²) in [5.74, 6) is -0.512. The lowest BCUT2D eigenvalue weighted by Crippen LogP contribution is -2.52. The number of nitrogens with one attached hydrogen (secondary N) is 2. The average molecular weight is 170 g/mol. The van der Waals surface area contributed by atoms with Crippen LogP contribution in [0.15, 0.2) is 0 Å². The summed E-state index contributed by atoms with van der Waals surface area (Å²) in [6, 6.07) is 0. The minimum atomic E-state index is -0.536. The largest absolute Gasteiger partial charge is 0.304 e. The van der Waals surface area contributed by atoms with Gasteiger partial charge in [0.15, 0.2) is 0 Å². The van der Waals surface area contributed by atoms with Gasteiger partial charge in [0.1, 0.15) is 0 Å². The van der Waals surface area contributed by atoms with Crippen LogP contribution in [0.25, 0.3) is 0 Å². The molecule has 0 aromatic carbocycles. The molecule has 1 rings (SSSR count). The standard InChI is InChI=1S/C8H14N2O2/c1-6(11)10-7(12)8(2)4-3-5-9-8/h9H,3-5H2,1-2H3,(H,10,11,12)/t8-/m0/s1. The van der Waals surface area contributed by atoms with Gasteiger partial charge in [-0.05, 0) is 26.3 Å². The minimum absolute atomic E-state index is 0.215. The second-order valence-electron chi connectivity index (χ2n) is 3.37. The van der Waals surface area contributed by atoms with Crippen LogP contribution in [0.5, 0.6) is 0 Å². The summed E-state index contributed by atoms with van der Waals surface area (Å²) >= 11 is 0. The van der Waals surface area contributed by atoms with E-state index in [0.29, 0.717) is 0 Å². The topological polar surface area (TPSA) is 58.2 Å². The number of carbonyl (C=O) groups is 2. The van der Waals surface area contributed by atoms with Crippen molar-refractivity contribution in [2.45, 2.75) is 32.2 Å². The van der Waals surface area contributed by atoms with Crippen LogP contribution in [0.3, 0.4) is 0 Å². The fourth-order valence-electron chi connectivity index (χ4n) is 1.39. The lowest BCUT2D eigenvalue weighted by molar-refractivity contribution is -0.132. The van der Waals surface area contributed by atoms with Crippen molar-refractivity contribution in [2.75, 3.05) is 6.54 Å². The smallest absolute Gasteiger partial charge is 0.246 e. The maximum Gasteiger partial charge on any atom is 0.246 e. The molecule has 0 unspecified atom stereocenters. The number of amides is 2. The quantitative estimate of drug-likeness (QED) is 0.572. The molecule has 0 saturated carbocycles. The second-order valence-corrected chi connectivity index (χ2v) is 3.37. The Morgan fingerprint density at radius 2 is 2.17 bits per heavy atom. The minimum Gasteiger partial charge on any atom is -0.304 e. The third-order valence-electron chi connectivity index (χ3n) is 2.16. The Bertz CT molecular complexity index is 207. The van der Waals surface area contributed by atoms with Crippen molar-refractivity contribution in [3.05, 3.63) is 0 Å². The zero-order valence-corrected chi connectivity index (χ0v) is 7.44. The van der Waals surface area contributed by atoms with Crippen molar-refractivity contribution in [1.29, 1.82) is 0 Å². The molecule has 0 aliphatic carbocycles. The molecule has 4 nitrogen and oxygen atoms in total. The van der Waals surface area contributed by atoms with Crippen molar-refractivity contribution in [3.8, 4) is 0 Å². The van der Waals surface area contributed by atoms with Gasteiger partial charge in [0.2, 0.25) is 11.8 Å². The molecule has 68 valence electrons. The molecule has 0 aromatic rings. The lowest BCUT2D eigenvalue weighted by atomic mass is 9.99. The van der Waals surface area contributed by atoms with Gasteiger partial charge in [-0.15, -0.1) is 0 Å². The molecule has 12 heavy (non-hydrogen) atoms. The van der Waals surface area contributed by atoms with Gasteiger partial charge < -0.3 is 5.32 Å². The van der Waals surface area contributed by atoms with Crippen LogP contribution in [0.2, 0.25) is 0 Å². The number of rotatable bonds is 1. The molecular formula is C8H14N2O2. The zero-order chi connectivity index (χ0) is 9.19. The van der Waals surface area contributed by atoms with E-state index in [1.807, 2.05) is 6.92 Å². The summed E-state index contributed by atoms with van der Waals surface area (Å²) in [5.41, 5.74) is -0.536. The van der Waals surface area contributed by atoms with Gasteiger partial charge in [0.05, 0.1) is 5.54 Å². The highest BCUT2D eigenvalue weighted by Crippen LogP contribution is 2.18. The van der Waals surface area contributed by atoms with E-state index in [9.17, 15) is 9.59 Å². The highest BCUT2D eigenvalue weighted by Gasteiger charge is 2.36. The maximum atomic E-state index is 11.4. The van der Waals surface area contributed by atoms with Crippen LogP contribution in [0, 0.1) is 0 Å². The molecule has 1 heterocycles. The first-order chi connectivity index (χ1) is 5.54. The average Bonchev–Trinajstić information content (AvgIpc) is 2.36. The van der Waals surface area contributed by atoms with Crippen LogP contribution in [0.1, 0.15) is 26.7 Å². The predicted molar refractivity (Wildman–Crippen MR) is 44.5 cm³/mol. The number of hydrogen-bond acceptors (Lipinski definition) is 3. The summed E-state index contributed by atoms with van der Waals surface area (Å²) in [5, 5.41) is 5.36. The zero-order valence-electron chi connectivity index (χ0n) is 7.44. The van der Waals surface area contributed by atoms with Crippen LogP contribution >= 0.6 is 0 Å². The highest BCUT2D eigenvalue weighted by molar-refractivity contribution is 5.99. The monoisotopic (exact) mass is 170 g/mol. The number of carbonyl (C=O) groups excluding carboxylic acids is 2. The molecule has 1 saturated heterocycles. The predicted octanol–water partition coefficient (Wildman–Crippen LogP) is -0.209. The third-order valence-corrected chi connectivity index (χ3v) is 2.16. The Labute approximate surface area is 71.7 Å². The first kappa shape index (κ1) is 9.19. The van der Waals surface area contributed by atoms with E-state index in [-0.39, 0.29) is 11.8 Å². The first-order valence-corrected chi connectivity index (χ1v) is 4.12. The van der Waals surface area contributed by atoms with Gasteiger partial charge in [-0.1, -0.05) is 0 Å². The fourth-order valence-corrected chi connectivity index (χ4v) is 1.39. The molecule has 0 spiro atoms. The summed E-state index contributed by atoms with van der Waals surface area (Å²) in [6.45, 7) is 4.01. The fraction of sp³-hybridized carbons (Fsp3) is 0.750. The second kappa shape index (κ2) is 3.23. The first-order valence-electron chi connectivity index (χ1n) is 4.12. The Morgan fingerprint density at radius 3 is 2.58 bits per heavy atom. The van der Waals surface area contributed by atoms with Crippen molar-refractivity contribution in [2.24, 2.45) is 0 Å². The molecule has 2 amide bonds. The molecule has 4 heteroatoms. The van der Waals surface area contributed by atoms with E-state index in [1.54, 1.807) is 0 Å². The summed E-state index contributed by atoms with van der Waals surface area (Å²) in [6.07, 6.45) is 1.79. The van der Waals surface area contributed by atoms with E-state index >= 15 is 0 Å². The van der Waals surface area contributed by atoms with Crippen LogP contribution in [-0.4, -0.2) is 23.9 Å². The Balaban J connectivity index is 2.56. The normalized spacial score (nSPS) is 28.5. The van der Waals surface area contributed by atoms with Gasteiger partial charge in [-0.2, -0.15) is 0 Å². The number of imide groups is 1. The molecule has 2 N–H and O–H groups in total. The van der Waals surface area contributed by atoms with Crippen molar-refractivity contribution >= 4 is 11.8 Å². The van der Waals surface area contributed by atoms with Gasteiger partial charge in [0.25, 0.3) is 0 Å². The van der Waals surface area contributed by atoms with Gasteiger partial charge in [0, 0.05) is 6.92 Å². The van der Waals surface area contributed by atoms with E-state index in [0.717, 1.165) is 19.4 Å². The Morgan fingerprint density at radius 1 is 1.50 bits per heavy atom. The van der Waals surface area contributed by atoms with Crippen LogP contribution < -0.4 is 10.6 Å². The Hall–Kier alpha value is -0.900. The van der Waals surface area contributed by atoms with E-state index < -0.39 is 5.54 Å². The molecule has 0 aromatic heterocycles.